The largest absolute Gasteiger partial charge is 0.481 e. The Morgan fingerprint density at radius 2 is 1.54 bits per heavy atom. The van der Waals surface area contributed by atoms with Gasteiger partial charge in [0.15, 0.2) is 0 Å². The van der Waals surface area contributed by atoms with Gasteiger partial charge in [0.1, 0.15) is 5.78 Å². The third kappa shape index (κ3) is 4.72. The van der Waals surface area contributed by atoms with Gasteiger partial charge in [-0.1, -0.05) is 65.0 Å². The molecular formula is C41H57NO4. The van der Waals surface area contributed by atoms with Gasteiger partial charge >= 0.3 is 5.97 Å². The lowest BCUT2D eigenvalue weighted by Gasteiger charge is -2.72. The fourth-order valence-corrected chi connectivity index (χ4v) is 13.0. The first-order chi connectivity index (χ1) is 21.5. The highest BCUT2D eigenvalue weighted by Gasteiger charge is 2.71. The van der Waals surface area contributed by atoms with E-state index in [-0.39, 0.29) is 45.8 Å². The van der Waals surface area contributed by atoms with E-state index in [4.69, 9.17) is 5.11 Å². The van der Waals surface area contributed by atoms with Crippen LogP contribution in [0.25, 0.3) is 5.57 Å². The van der Waals surface area contributed by atoms with Gasteiger partial charge in [-0.3, -0.25) is 14.4 Å². The Hall–Kier alpha value is -2.69. The van der Waals surface area contributed by atoms with E-state index >= 15 is 0 Å². The van der Waals surface area contributed by atoms with Gasteiger partial charge in [-0.2, -0.15) is 0 Å². The van der Waals surface area contributed by atoms with Crippen LogP contribution in [-0.4, -0.2) is 22.8 Å². The van der Waals surface area contributed by atoms with Gasteiger partial charge in [0, 0.05) is 17.5 Å². The second kappa shape index (κ2) is 11.2. The normalized spacial score (nSPS) is 40.8. The maximum absolute atomic E-state index is 13.4. The van der Waals surface area contributed by atoms with Crippen molar-refractivity contribution < 1.29 is 19.5 Å². The van der Waals surface area contributed by atoms with Gasteiger partial charge in [0.05, 0.1) is 6.42 Å². The molecule has 6 rings (SSSR count). The van der Waals surface area contributed by atoms with Crippen molar-refractivity contribution in [2.45, 2.75) is 119 Å². The molecule has 0 radical (unpaired) electrons. The first-order valence-corrected chi connectivity index (χ1v) is 18.0. The zero-order valence-electron chi connectivity index (χ0n) is 29.4. The summed E-state index contributed by atoms with van der Waals surface area (Å²) in [6.07, 6.45) is 12.8. The third-order valence-electron chi connectivity index (χ3n) is 15.4. The Morgan fingerprint density at radius 1 is 0.848 bits per heavy atom. The summed E-state index contributed by atoms with van der Waals surface area (Å²) in [5, 5.41) is 11.7. The summed E-state index contributed by atoms with van der Waals surface area (Å²) >= 11 is 0. The van der Waals surface area contributed by atoms with Crippen molar-refractivity contribution in [3.63, 3.8) is 0 Å². The number of aliphatic carboxylic acids is 1. The standard InChI is InChI=1S/C41H57NO4/c1-25(2)29-17-22-41(26(3)43)24-23-39(7)31(36(29)41)13-14-33-38(6)20-18-30(37(4,5)32(38)19-21-40(33,39)8)27-9-11-28(12-10-27)42-34(44)15-16-35(45)46/h9-12,18,29,31-33,36H,1,13-17,19-24H2,2-8H3,(H,42,44)(H,45,46)/t29-,31+,32-,33+,36+,38-,39+,40+,41+/m0/s1. The molecule has 1 amide bonds. The van der Waals surface area contributed by atoms with Crippen molar-refractivity contribution in [3.05, 3.63) is 48.1 Å². The number of ketones is 1. The van der Waals surface area contributed by atoms with E-state index in [9.17, 15) is 14.4 Å². The minimum Gasteiger partial charge on any atom is -0.481 e. The Bertz CT molecular complexity index is 1470. The van der Waals surface area contributed by atoms with Crippen LogP contribution in [0.3, 0.4) is 0 Å². The number of allylic oxidation sites excluding steroid dienone is 3. The van der Waals surface area contributed by atoms with Crippen LogP contribution in [0.5, 0.6) is 0 Å². The highest BCUT2D eigenvalue weighted by atomic mass is 16.4. The van der Waals surface area contributed by atoms with Gasteiger partial charge in [-0.05, 0) is 146 Å². The van der Waals surface area contributed by atoms with Crippen molar-refractivity contribution >= 4 is 28.9 Å². The topological polar surface area (TPSA) is 83.5 Å². The van der Waals surface area contributed by atoms with Crippen LogP contribution in [-0.2, 0) is 14.4 Å². The fraction of sp³-hybridized carbons (Fsp3) is 0.683. The van der Waals surface area contributed by atoms with E-state index in [0.29, 0.717) is 41.1 Å². The average molecular weight is 628 g/mol. The summed E-state index contributed by atoms with van der Waals surface area (Å²) in [7, 11) is 0. The Balaban J connectivity index is 1.28. The van der Waals surface area contributed by atoms with Gasteiger partial charge < -0.3 is 10.4 Å². The number of nitrogens with one attached hydrogen (secondary N) is 1. The molecular weight excluding hydrogens is 570 g/mol. The fourth-order valence-electron chi connectivity index (χ4n) is 13.0. The van der Waals surface area contributed by atoms with Crippen molar-refractivity contribution in [3.8, 4) is 0 Å². The van der Waals surface area contributed by atoms with Crippen molar-refractivity contribution in [1.82, 2.24) is 0 Å². The van der Waals surface area contributed by atoms with Crippen molar-refractivity contribution in [2.75, 3.05) is 5.32 Å². The zero-order valence-corrected chi connectivity index (χ0v) is 29.4. The molecule has 0 aliphatic heterocycles. The number of carboxylic acid groups (broad SMARTS) is 1. The smallest absolute Gasteiger partial charge is 0.303 e. The summed E-state index contributed by atoms with van der Waals surface area (Å²) in [5.41, 5.74) is 5.16. The van der Waals surface area contributed by atoms with E-state index in [1.165, 1.54) is 48.8 Å². The number of carbonyl (C=O) groups excluding carboxylic acids is 2. The molecule has 4 fully saturated rings. The molecule has 1 aromatic carbocycles. The first kappa shape index (κ1) is 33.2. The van der Waals surface area contributed by atoms with Crippen LogP contribution < -0.4 is 5.32 Å². The minimum absolute atomic E-state index is 0.00514. The lowest BCUT2D eigenvalue weighted by atomic mass is 9.32. The quantitative estimate of drug-likeness (QED) is 0.295. The number of fused-ring (bicyclic) bond motifs is 7. The number of amides is 1. The molecule has 2 N–H and O–H groups in total. The van der Waals surface area contributed by atoms with E-state index in [1.807, 2.05) is 19.1 Å². The summed E-state index contributed by atoms with van der Waals surface area (Å²) in [6.45, 7) is 21.4. The molecule has 0 spiro atoms. The molecule has 5 aliphatic carbocycles. The number of benzene rings is 1. The number of carbonyl (C=O) groups is 3. The molecule has 0 unspecified atom stereocenters. The van der Waals surface area contributed by atoms with E-state index in [1.54, 1.807) is 0 Å². The van der Waals surface area contributed by atoms with Gasteiger partial charge in [-0.15, -0.1) is 0 Å². The monoisotopic (exact) mass is 627 g/mol. The van der Waals surface area contributed by atoms with Crippen molar-refractivity contribution in [1.29, 1.82) is 0 Å². The van der Waals surface area contributed by atoms with Crippen LogP contribution in [0.4, 0.5) is 5.69 Å². The molecule has 4 saturated carbocycles. The molecule has 0 aromatic heterocycles. The Morgan fingerprint density at radius 3 is 2.17 bits per heavy atom. The Kier molecular flexibility index (Phi) is 8.08. The number of carboxylic acids is 1. The maximum Gasteiger partial charge on any atom is 0.303 e. The molecule has 0 saturated heterocycles. The second-order valence-corrected chi connectivity index (χ2v) is 17.5. The molecule has 1 aromatic rings. The molecule has 0 heterocycles. The van der Waals surface area contributed by atoms with Crippen molar-refractivity contribution in [2.24, 2.45) is 56.7 Å². The molecule has 250 valence electrons. The van der Waals surface area contributed by atoms with Crippen LogP contribution in [0, 0.1) is 56.7 Å². The lowest BCUT2D eigenvalue weighted by Crippen LogP contribution is -2.65. The SMILES string of the molecule is C=C(C)[C@@H]1CC[C@]2(C(C)=O)CC[C@]3(C)[C@H](CC[C@@H]4[C@@]5(C)CC=C(c6ccc(NC(=O)CCC(=O)O)cc6)C(C)(C)[C@@H]5CC[C@]43C)[C@@H]12. The average Bonchev–Trinajstić information content (AvgIpc) is 3.38. The van der Waals surface area contributed by atoms with E-state index < -0.39 is 5.97 Å². The van der Waals surface area contributed by atoms with E-state index in [2.05, 4.69) is 71.6 Å². The molecule has 5 heteroatoms. The van der Waals surface area contributed by atoms with Gasteiger partial charge in [0.2, 0.25) is 5.91 Å². The summed E-state index contributed by atoms with van der Waals surface area (Å²) in [4.78, 5) is 36.4. The second-order valence-electron chi connectivity index (χ2n) is 17.5. The summed E-state index contributed by atoms with van der Waals surface area (Å²) in [6, 6.07) is 8.13. The molecule has 46 heavy (non-hydrogen) atoms. The number of rotatable bonds is 7. The highest BCUT2D eigenvalue weighted by molar-refractivity contribution is 5.92. The highest BCUT2D eigenvalue weighted by Crippen LogP contribution is 2.77. The van der Waals surface area contributed by atoms with E-state index in [0.717, 1.165) is 25.7 Å². The lowest BCUT2D eigenvalue weighted by molar-refractivity contribution is -0.224. The van der Waals surface area contributed by atoms with Gasteiger partial charge in [-0.25, -0.2) is 0 Å². The maximum atomic E-state index is 13.4. The summed E-state index contributed by atoms with van der Waals surface area (Å²) < 4.78 is 0. The molecule has 5 nitrogen and oxygen atoms in total. The first-order valence-electron chi connectivity index (χ1n) is 18.0. The van der Waals surface area contributed by atoms with Crippen LogP contribution >= 0.6 is 0 Å². The number of anilines is 1. The predicted octanol–water partition coefficient (Wildman–Crippen LogP) is 9.73. The summed E-state index contributed by atoms with van der Waals surface area (Å²) in [5.74, 6) is 1.93. The minimum atomic E-state index is -0.965. The number of Topliss-reactive ketones (excluding diaryl/α,β-unsaturated/α-hetero) is 1. The number of hydrogen-bond acceptors (Lipinski definition) is 3. The molecule has 0 bridgehead atoms. The molecule has 9 atom stereocenters. The van der Waals surface area contributed by atoms with Crippen LogP contribution in [0.2, 0.25) is 0 Å². The third-order valence-corrected chi connectivity index (χ3v) is 15.4. The van der Waals surface area contributed by atoms with Gasteiger partial charge in [0.25, 0.3) is 0 Å². The number of hydrogen-bond donors (Lipinski definition) is 2. The van der Waals surface area contributed by atoms with Crippen LogP contribution in [0.15, 0.2) is 42.5 Å². The van der Waals surface area contributed by atoms with Crippen LogP contribution in [0.1, 0.15) is 125 Å². The molecule has 5 aliphatic rings. The zero-order chi connectivity index (χ0) is 33.4. The predicted molar refractivity (Wildman–Crippen MR) is 185 cm³/mol. The Labute approximate surface area is 277 Å².